The molecule has 0 atom stereocenters. The average molecular weight is 409 g/mol. The van der Waals surface area contributed by atoms with E-state index < -0.39 is 0 Å². The molecule has 1 amide bonds. The molecule has 0 radical (unpaired) electrons. The van der Waals surface area contributed by atoms with Gasteiger partial charge in [0.15, 0.2) is 11.6 Å². The molecule has 0 unspecified atom stereocenters. The van der Waals surface area contributed by atoms with Gasteiger partial charge in [0.05, 0.1) is 10.6 Å². The van der Waals surface area contributed by atoms with E-state index in [9.17, 15) is 4.79 Å². The van der Waals surface area contributed by atoms with Crippen LogP contribution in [0.5, 0.6) is 0 Å². The first-order valence-electron chi connectivity index (χ1n) is 9.42. The third-order valence-corrected chi connectivity index (χ3v) is 5.14. The Morgan fingerprint density at radius 2 is 1.72 bits per heavy atom. The fraction of sp³-hybridized carbons (Fsp3) is 0.238. The van der Waals surface area contributed by atoms with Gasteiger partial charge in [-0.25, -0.2) is 4.98 Å². The van der Waals surface area contributed by atoms with Crippen LogP contribution in [0.3, 0.4) is 0 Å². The van der Waals surface area contributed by atoms with E-state index in [1.165, 1.54) is 0 Å². The summed E-state index contributed by atoms with van der Waals surface area (Å²) in [6.45, 7) is 4.60. The van der Waals surface area contributed by atoms with Crippen LogP contribution in [-0.4, -0.2) is 52.2 Å². The quantitative estimate of drug-likeness (QED) is 0.711. The minimum Gasteiger partial charge on any atom is -0.352 e. The minimum atomic E-state index is -0.0357. The van der Waals surface area contributed by atoms with Gasteiger partial charge in [-0.05, 0) is 42.8 Å². The number of piperazine rings is 1. The first-order chi connectivity index (χ1) is 14.1. The van der Waals surface area contributed by atoms with Crippen LogP contribution < -0.4 is 10.2 Å². The number of halogens is 1. The van der Waals surface area contributed by atoms with E-state index in [1.807, 2.05) is 48.2 Å². The minimum absolute atomic E-state index is 0.0357. The standard InChI is InChI=1S/C21H21ClN6O/c1-15-6-7-18(23-14-15)24-19-8-9-20(26-25-19)27-10-12-28(13-11-27)21(29)16-4-2-3-5-17(16)22/h2-9,14H,10-13H2,1H3,(H,23,24,25). The number of nitrogens with one attached hydrogen (secondary N) is 1. The summed E-state index contributed by atoms with van der Waals surface area (Å²) in [6.07, 6.45) is 1.80. The lowest BCUT2D eigenvalue weighted by Crippen LogP contribution is -2.49. The van der Waals surface area contributed by atoms with Crippen molar-refractivity contribution in [3.63, 3.8) is 0 Å². The third-order valence-electron chi connectivity index (χ3n) is 4.81. The predicted octanol–water partition coefficient (Wildman–Crippen LogP) is 3.54. The normalized spacial score (nSPS) is 14.0. The van der Waals surface area contributed by atoms with E-state index in [4.69, 9.17) is 11.6 Å². The Morgan fingerprint density at radius 3 is 2.38 bits per heavy atom. The molecular formula is C21H21ClN6O. The lowest BCUT2D eigenvalue weighted by atomic mass is 10.2. The van der Waals surface area contributed by atoms with Crippen molar-refractivity contribution < 1.29 is 4.79 Å². The molecule has 3 heterocycles. The van der Waals surface area contributed by atoms with Crippen LogP contribution in [0.4, 0.5) is 17.5 Å². The Kier molecular flexibility index (Phi) is 5.57. The number of hydrogen-bond acceptors (Lipinski definition) is 6. The molecule has 8 heteroatoms. The Labute approximate surface area is 174 Å². The van der Waals surface area contributed by atoms with Crippen LogP contribution in [0.25, 0.3) is 0 Å². The number of amides is 1. The van der Waals surface area contributed by atoms with Crippen molar-refractivity contribution in [1.29, 1.82) is 0 Å². The highest BCUT2D eigenvalue weighted by atomic mass is 35.5. The van der Waals surface area contributed by atoms with Crippen molar-refractivity contribution in [2.75, 3.05) is 36.4 Å². The van der Waals surface area contributed by atoms with Gasteiger partial charge in [-0.1, -0.05) is 29.8 Å². The smallest absolute Gasteiger partial charge is 0.255 e. The number of carbonyl (C=O) groups is 1. The van der Waals surface area contributed by atoms with Gasteiger partial charge in [0.1, 0.15) is 5.82 Å². The molecule has 1 aromatic carbocycles. The summed E-state index contributed by atoms with van der Waals surface area (Å²) in [5.41, 5.74) is 1.65. The molecule has 3 aromatic rings. The molecule has 1 aliphatic heterocycles. The van der Waals surface area contributed by atoms with Crippen molar-refractivity contribution >= 4 is 35.0 Å². The van der Waals surface area contributed by atoms with Gasteiger partial charge in [0.25, 0.3) is 5.91 Å². The third kappa shape index (κ3) is 4.46. The molecule has 1 N–H and O–H groups in total. The van der Waals surface area contributed by atoms with Crippen LogP contribution in [0.2, 0.25) is 5.02 Å². The largest absolute Gasteiger partial charge is 0.352 e. The Bertz CT molecular complexity index is 985. The zero-order valence-corrected chi connectivity index (χ0v) is 16.8. The topological polar surface area (TPSA) is 74.2 Å². The number of benzene rings is 1. The number of aromatic nitrogens is 3. The highest BCUT2D eigenvalue weighted by Crippen LogP contribution is 2.20. The van der Waals surface area contributed by atoms with E-state index in [0.717, 1.165) is 17.2 Å². The molecule has 0 spiro atoms. The second-order valence-corrected chi connectivity index (χ2v) is 7.29. The predicted molar refractivity (Wildman–Crippen MR) is 114 cm³/mol. The van der Waals surface area contributed by atoms with Crippen LogP contribution in [-0.2, 0) is 0 Å². The molecule has 0 aliphatic carbocycles. The monoisotopic (exact) mass is 408 g/mol. The SMILES string of the molecule is Cc1ccc(Nc2ccc(N3CCN(C(=O)c4ccccc4Cl)CC3)nn2)nc1. The maximum absolute atomic E-state index is 12.7. The summed E-state index contributed by atoms with van der Waals surface area (Å²) in [5.74, 6) is 2.12. The van der Waals surface area contributed by atoms with Crippen molar-refractivity contribution in [3.8, 4) is 0 Å². The van der Waals surface area contributed by atoms with Gasteiger partial charge in [0, 0.05) is 32.4 Å². The van der Waals surface area contributed by atoms with Crippen LogP contribution in [0.15, 0.2) is 54.7 Å². The van der Waals surface area contributed by atoms with E-state index in [-0.39, 0.29) is 5.91 Å². The molecule has 1 fully saturated rings. The Morgan fingerprint density at radius 1 is 0.966 bits per heavy atom. The van der Waals surface area contributed by atoms with E-state index in [1.54, 1.807) is 18.3 Å². The summed E-state index contributed by atoms with van der Waals surface area (Å²) in [4.78, 5) is 20.9. The van der Waals surface area contributed by atoms with E-state index >= 15 is 0 Å². The van der Waals surface area contributed by atoms with Crippen LogP contribution in [0.1, 0.15) is 15.9 Å². The number of hydrogen-bond donors (Lipinski definition) is 1. The summed E-state index contributed by atoms with van der Waals surface area (Å²) >= 11 is 6.16. The van der Waals surface area contributed by atoms with Gasteiger partial charge in [0.2, 0.25) is 0 Å². The highest BCUT2D eigenvalue weighted by molar-refractivity contribution is 6.33. The highest BCUT2D eigenvalue weighted by Gasteiger charge is 2.24. The number of carbonyl (C=O) groups excluding carboxylic acids is 1. The summed E-state index contributed by atoms with van der Waals surface area (Å²) in [6, 6.07) is 14.8. The maximum atomic E-state index is 12.7. The molecule has 2 aromatic heterocycles. The lowest BCUT2D eigenvalue weighted by molar-refractivity contribution is 0.0746. The van der Waals surface area contributed by atoms with E-state index in [2.05, 4.69) is 25.4 Å². The molecule has 148 valence electrons. The molecule has 29 heavy (non-hydrogen) atoms. The van der Waals surface area contributed by atoms with E-state index in [0.29, 0.717) is 42.6 Å². The number of aryl methyl sites for hydroxylation is 1. The second-order valence-electron chi connectivity index (χ2n) is 6.88. The Balaban J connectivity index is 1.35. The number of pyridine rings is 1. The second kappa shape index (κ2) is 8.45. The molecule has 1 saturated heterocycles. The molecule has 0 saturated carbocycles. The van der Waals surface area contributed by atoms with Gasteiger partial charge >= 0.3 is 0 Å². The molecule has 4 rings (SSSR count). The van der Waals surface area contributed by atoms with Gasteiger partial charge < -0.3 is 15.1 Å². The first-order valence-corrected chi connectivity index (χ1v) is 9.80. The first kappa shape index (κ1) is 19.1. The van der Waals surface area contributed by atoms with Gasteiger partial charge in [-0.2, -0.15) is 0 Å². The van der Waals surface area contributed by atoms with Crippen molar-refractivity contribution in [2.24, 2.45) is 0 Å². The van der Waals surface area contributed by atoms with Crippen molar-refractivity contribution in [3.05, 3.63) is 70.9 Å². The summed E-state index contributed by atoms with van der Waals surface area (Å²) in [5, 5.41) is 12.2. The van der Waals surface area contributed by atoms with Crippen molar-refractivity contribution in [2.45, 2.75) is 6.92 Å². The average Bonchev–Trinajstić information content (AvgIpc) is 2.76. The van der Waals surface area contributed by atoms with Gasteiger partial charge in [-0.15, -0.1) is 10.2 Å². The molecule has 0 bridgehead atoms. The van der Waals surface area contributed by atoms with Gasteiger partial charge in [-0.3, -0.25) is 4.79 Å². The number of anilines is 3. The summed E-state index contributed by atoms with van der Waals surface area (Å²) in [7, 11) is 0. The fourth-order valence-corrected chi connectivity index (χ4v) is 3.39. The molecule has 7 nitrogen and oxygen atoms in total. The molecule has 1 aliphatic rings. The Hall–Kier alpha value is -3.19. The van der Waals surface area contributed by atoms with Crippen molar-refractivity contribution in [1.82, 2.24) is 20.1 Å². The van der Waals surface area contributed by atoms with Crippen LogP contribution >= 0.6 is 11.6 Å². The molecular weight excluding hydrogens is 388 g/mol. The van der Waals surface area contributed by atoms with Crippen LogP contribution in [0, 0.1) is 6.92 Å². The number of rotatable bonds is 4. The zero-order valence-electron chi connectivity index (χ0n) is 16.0. The summed E-state index contributed by atoms with van der Waals surface area (Å²) < 4.78 is 0. The zero-order chi connectivity index (χ0) is 20.2. The number of nitrogens with zero attached hydrogens (tertiary/aromatic N) is 5. The lowest BCUT2D eigenvalue weighted by Gasteiger charge is -2.35. The maximum Gasteiger partial charge on any atom is 0.255 e. The fourth-order valence-electron chi connectivity index (χ4n) is 3.18.